The monoisotopic (exact) mass is 246 g/mol. The molecular formula is C14H18N2O2. The zero-order valence-electron chi connectivity index (χ0n) is 10.9. The Morgan fingerprint density at radius 2 is 1.94 bits per heavy atom. The minimum atomic E-state index is -0.485. The average molecular weight is 246 g/mol. The Kier molecular flexibility index (Phi) is 3.77. The summed E-state index contributed by atoms with van der Waals surface area (Å²) in [7, 11) is 0. The Hall–Kier alpha value is -1.68. The smallest absolute Gasteiger partial charge is 0.232 e. The lowest BCUT2D eigenvalue weighted by Gasteiger charge is -2.12. The third kappa shape index (κ3) is 2.59. The maximum atomic E-state index is 9.65. The molecule has 0 aliphatic heterocycles. The molecule has 2 rings (SSSR count). The molecule has 0 saturated heterocycles. The molecule has 0 fully saturated rings. The van der Waals surface area contributed by atoms with Crippen molar-refractivity contribution in [2.75, 3.05) is 0 Å². The van der Waals surface area contributed by atoms with Crippen LogP contribution in [-0.4, -0.2) is 21.4 Å². The van der Waals surface area contributed by atoms with Gasteiger partial charge in [-0.25, -0.2) is 0 Å². The highest BCUT2D eigenvalue weighted by molar-refractivity contribution is 5.54. The standard InChI is InChI=1S/C14H18N2O2/c1-4-12(10(3)17)14-15-13(16-18-14)11-7-5-9(2)6-8-11/h5-8,10,12,17H,4H2,1-3H3. The van der Waals surface area contributed by atoms with Crippen molar-refractivity contribution in [1.29, 1.82) is 0 Å². The van der Waals surface area contributed by atoms with Gasteiger partial charge in [-0.15, -0.1) is 0 Å². The first-order valence-corrected chi connectivity index (χ1v) is 6.20. The van der Waals surface area contributed by atoms with Crippen LogP contribution in [-0.2, 0) is 0 Å². The van der Waals surface area contributed by atoms with Gasteiger partial charge >= 0.3 is 0 Å². The molecule has 2 atom stereocenters. The fourth-order valence-corrected chi connectivity index (χ4v) is 1.93. The second kappa shape index (κ2) is 5.31. The summed E-state index contributed by atoms with van der Waals surface area (Å²) in [5.74, 6) is 0.976. The first-order chi connectivity index (χ1) is 8.61. The number of rotatable bonds is 4. The van der Waals surface area contributed by atoms with Crippen molar-refractivity contribution in [2.45, 2.75) is 39.2 Å². The van der Waals surface area contributed by atoms with E-state index in [0.717, 1.165) is 12.0 Å². The van der Waals surface area contributed by atoms with Gasteiger partial charge in [-0.1, -0.05) is 41.9 Å². The Morgan fingerprint density at radius 3 is 2.50 bits per heavy atom. The maximum absolute atomic E-state index is 9.65. The van der Waals surface area contributed by atoms with Crippen molar-refractivity contribution >= 4 is 0 Å². The average Bonchev–Trinajstić information content (AvgIpc) is 2.80. The zero-order chi connectivity index (χ0) is 13.1. The van der Waals surface area contributed by atoms with Crippen LogP contribution in [0.3, 0.4) is 0 Å². The van der Waals surface area contributed by atoms with E-state index in [0.29, 0.717) is 11.7 Å². The van der Waals surface area contributed by atoms with Crippen LogP contribution in [0.25, 0.3) is 11.4 Å². The largest absolute Gasteiger partial charge is 0.393 e. The molecule has 18 heavy (non-hydrogen) atoms. The van der Waals surface area contributed by atoms with E-state index in [9.17, 15) is 5.11 Å². The van der Waals surface area contributed by atoms with Gasteiger partial charge in [0.25, 0.3) is 0 Å². The Labute approximate surface area is 107 Å². The summed E-state index contributed by atoms with van der Waals surface area (Å²) in [5, 5.41) is 13.6. The van der Waals surface area contributed by atoms with E-state index in [-0.39, 0.29) is 5.92 Å². The number of benzene rings is 1. The number of hydrogen-bond acceptors (Lipinski definition) is 4. The lowest BCUT2D eigenvalue weighted by atomic mass is 10.0. The van der Waals surface area contributed by atoms with E-state index < -0.39 is 6.10 Å². The molecular weight excluding hydrogens is 228 g/mol. The summed E-state index contributed by atoms with van der Waals surface area (Å²) in [5.41, 5.74) is 2.12. The molecule has 0 aliphatic rings. The van der Waals surface area contributed by atoms with E-state index in [1.807, 2.05) is 38.1 Å². The lowest BCUT2D eigenvalue weighted by Crippen LogP contribution is -2.13. The van der Waals surface area contributed by atoms with Gasteiger partial charge in [-0.3, -0.25) is 0 Å². The first-order valence-electron chi connectivity index (χ1n) is 6.20. The van der Waals surface area contributed by atoms with E-state index in [1.165, 1.54) is 5.56 Å². The molecule has 4 heteroatoms. The Balaban J connectivity index is 2.27. The summed E-state index contributed by atoms with van der Waals surface area (Å²) in [6.07, 6.45) is 0.286. The van der Waals surface area contributed by atoms with Gasteiger partial charge in [-0.05, 0) is 20.3 Å². The van der Waals surface area contributed by atoms with E-state index in [1.54, 1.807) is 6.92 Å². The van der Waals surface area contributed by atoms with Crippen molar-refractivity contribution in [1.82, 2.24) is 10.1 Å². The normalized spacial score (nSPS) is 14.4. The van der Waals surface area contributed by atoms with Crippen molar-refractivity contribution < 1.29 is 9.63 Å². The molecule has 96 valence electrons. The topological polar surface area (TPSA) is 59.2 Å². The summed E-state index contributed by atoms with van der Waals surface area (Å²) in [4.78, 5) is 4.36. The summed E-state index contributed by atoms with van der Waals surface area (Å²) in [6, 6.07) is 7.95. The van der Waals surface area contributed by atoms with Gasteiger partial charge in [-0.2, -0.15) is 4.98 Å². The summed E-state index contributed by atoms with van der Waals surface area (Å²) in [6.45, 7) is 5.77. The molecule has 4 nitrogen and oxygen atoms in total. The Morgan fingerprint density at radius 1 is 1.28 bits per heavy atom. The maximum Gasteiger partial charge on any atom is 0.232 e. The van der Waals surface area contributed by atoms with Crippen LogP contribution >= 0.6 is 0 Å². The highest BCUT2D eigenvalue weighted by Crippen LogP contribution is 2.24. The molecule has 0 bridgehead atoms. The van der Waals surface area contributed by atoms with E-state index >= 15 is 0 Å². The summed E-state index contributed by atoms with van der Waals surface area (Å²) >= 11 is 0. The van der Waals surface area contributed by atoms with Crippen LogP contribution in [0.4, 0.5) is 0 Å². The fourth-order valence-electron chi connectivity index (χ4n) is 1.93. The number of hydrogen-bond donors (Lipinski definition) is 1. The second-order valence-corrected chi connectivity index (χ2v) is 4.58. The number of nitrogens with zero attached hydrogens (tertiary/aromatic N) is 2. The molecule has 0 aliphatic carbocycles. The van der Waals surface area contributed by atoms with Crippen LogP contribution in [0.2, 0.25) is 0 Å². The van der Waals surface area contributed by atoms with Crippen molar-refractivity contribution in [2.24, 2.45) is 0 Å². The minimum absolute atomic E-state index is 0.100. The fraction of sp³-hybridized carbons (Fsp3) is 0.429. The summed E-state index contributed by atoms with van der Waals surface area (Å²) < 4.78 is 5.24. The van der Waals surface area contributed by atoms with Crippen LogP contribution in [0.5, 0.6) is 0 Å². The molecule has 1 aromatic carbocycles. The molecule has 1 aromatic heterocycles. The van der Waals surface area contributed by atoms with E-state index in [4.69, 9.17) is 4.52 Å². The highest BCUT2D eigenvalue weighted by Gasteiger charge is 2.22. The minimum Gasteiger partial charge on any atom is -0.393 e. The molecule has 2 aromatic rings. The van der Waals surface area contributed by atoms with Crippen molar-refractivity contribution in [3.63, 3.8) is 0 Å². The quantitative estimate of drug-likeness (QED) is 0.901. The van der Waals surface area contributed by atoms with Gasteiger partial charge in [0.1, 0.15) is 0 Å². The van der Waals surface area contributed by atoms with Gasteiger partial charge in [0, 0.05) is 5.56 Å². The number of aliphatic hydroxyl groups is 1. The van der Waals surface area contributed by atoms with Gasteiger partial charge in [0.05, 0.1) is 12.0 Å². The lowest BCUT2D eigenvalue weighted by molar-refractivity contribution is 0.141. The van der Waals surface area contributed by atoms with E-state index in [2.05, 4.69) is 10.1 Å². The van der Waals surface area contributed by atoms with Crippen LogP contribution in [0.1, 0.15) is 37.6 Å². The van der Waals surface area contributed by atoms with Crippen LogP contribution in [0, 0.1) is 6.92 Å². The Bertz CT molecular complexity index is 503. The molecule has 0 spiro atoms. The number of aryl methyl sites for hydroxylation is 1. The second-order valence-electron chi connectivity index (χ2n) is 4.58. The number of aromatic nitrogens is 2. The zero-order valence-corrected chi connectivity index (χ0v) is 10.9. The van der Waals surface area contributed by atoms with Gasteiger partial charge in [0.15, 0.2) is 0 Å². The molecule has 1 heterocycles. The first kappa shape index (κ1) is 12.8. The predicted molar refractivity (Wildman–Crippen MR) is 69.2 cm³/mol. The van der Waals surface area contributed by atoms with Crippen LogP contribution in [0.15, 0.2) is 28.8 Å². The third-order valence-electron chi connectivity index (χ3n) is 3.09. The molecule has 0 amide bonds. The molecule has 0 saturated carbocycles. The predicted octanol–water partition coefficient (Wildman–Crippen LogP) is 2.92. The molecule has 2 unspecified atom stereocenters. The van der Waals surface area contributed by atoms with Crippen LogP contribution < -0.4 is 0 Å². The van der Waals surface area contributed by atoms with Gasteiger partial charge < -0.3 is 9.63 Å². The third-order valence-corrected chi connectivity index (χ3v) is 3.09. The van der Waals surface area contributed by atoms with Gasteiger partial charge in [0.2, 0.25) is 11.7 Å². The number of aliphatic hydroxyl groups excluding tert-OH is 1. The van der Waals surface area contributed by atoms with Crippen molar-refractivity contribution in [3.05, 3.63) is 35.7 Å². The molecule has 1 N–H and O–H groups in total. The highest BCUT2D eigenvalue weighted by atomic mass is 16.5. The SMILES string of the molecule is CCC(c1nc(-c2ccc(C)cc2)no1)C(C)O. The molecule has 0 radical (unpaired) electrons. The van der Waals surface area contributed by atoms with Crippen molar-refractivity contribution in [3.8, 4) is 11.4 Å².